The molecule has 0 spiro atoms. The molecule has 0 atom stereocenters. The molecule has 30 heavy (non-hydrogen) atoms. The van der Waals surface area contributed by atoms with E-state index in [0.29, 0.717) is 64.3 Å². The van der Waals surface area contributed by atoms with Crippen molar-refractivity contribution in [3.05, 3.63) is 23.9 Å². The van der Waals surface area contributed by atoms with Gasteiger partial charge in [-0.05, 0) is 44.7 Å². The van der Waals surface area contributed by atoms with Crippen molar-refractivity contribution < 1.29 is 27.5 Å². The Morgan fingerprint density at radius 2 is 1.80 bits per heavy atom. The van der Waals surface area contributed by atoms with E-state index in [0.717, 1.165) is 12.3 Å². The quantitative estimate of drug-likeness (QED) is 0.747. The van der Waals surface area contributed by atoms with Crippen LogP contribution in [0.25, 0.3) is 0 Å². The Labute approximate surface area is 173 Å². The average Bonchev–Trinajstić information content (AvgIpc) is 2.74. The number of aromatic nitrogens is 1. The number of carbonyl (C=O) groups excluding carboxylic acids is 2. The first kappa shape index (κ1) is 22.2. The number of nitrogens with one attached hydrogen (secondary N) is 1. The van der Waals surface area contributed by atoms with Gasteiger partial charge >= 0.3 is 18.2 Å². The van der Waals surface area contributed by atoms with Gasteiger partial charge in [-0.2, -0.15) is 13.2 Å². The van der Waals surface area contributed by atoms with Gasteiger partial charge in [-0.15, -0.1) is 0 Å². The van der Waals surface area contributed by atoms with Gasteiger partial charge in [0, 0.05) is 38.4 Å². The van der Waals surface area contributed by atoms with Crippen LogP contribution in [0.2, 0.25) is 0 Å². The summed E-state index contributed by atoms with van der Waals surface area (Å²) >= 11 is 0. The predicted octanol–water partition coefficient (Wildman–Crippen LogP) is 3.05. The number of rotatable bonds is 4. The predicted molar refractivity (Wildman–Crippen MR) is 104 cm³/mol. The van der Waals surface area contributed by atoms with E-state index in [2.05, 4.69) is 10.3 Å². The summed E-state index contributed by atoms with van der Waals surface area (Å²) in [5.41, 5.74) is -0.764. The topological polar surface area (TPSA) is 74.8 Å². The molecular weight excluding hydrogens is 401 g/mol. The Kier molecular flexibility index (Phi) is 7.04. The molecule has 1 aromatic heterocycles. The molecular formula is C20H27F3N4O3. The van der Waals surface area contributed by atoms with E-state index < -0.39 is 11.7 Å². The van der Waals surface area contributed by atoms with E-state index in [-0.39, 0.29) is 24.0 Å². The molecule has 2 fully saturated rings. The first-order valence-electron chi connectivity index (χ1n) is 10.3. The van der Waals surface area contributed by atoms with Crippen molar-refractivity contribution >= 4 is 17.8 Å². The van der Waals surface area contributed by atoms with E-state index >= 15 is 0 Å². The number of urea groups is 1. The number of carbonyl (C=O) groups is 2. The van der Waals surface area contributed by atoms with Crippen molar-refractivity contribution in [1.29, 1.82) is 0 Å². The van der Waals surface area contributed by atoms with Crippen LogP contribution in [0.1, 0.15) is 38.2 Å². The van der Waals surface area contributed by atoms with Gasteiger partial charge in [0.15, 0.2) is 0 Å². The lowest BCUT2D eigenvalue weighted by atomic mass is 9.97. The fourth-order valence-corrected chi connectivity index (χ4v) is 3.84. The molecule has 166 valence electrons. The molecule has 0 unspecified atom stereocenters. The van der Waals surface area contributed by atoms with Crippen LogP contribution < -0.4 is 10.2 Å². The number of likely N-dealkylation sites (tertiary alicyclic amines) is 1. The number of nitrogens with zero attached hydrogens (tertiary/aromatic N) is 3. The number of halogens is 3. The minimum atomic E-state index is -4.40. The number of anilines is 1. The van der Waals surface area contributed by atoms with Gasteiger partial charge in [0.25, 0.3) is 0 Å². The summed E-state index contributed by atoms with van der Waals surface area (Å²) in [6, 6.07) is 2.29. The first-order chi connectivity index (χ1) is 14.3. The summed E-state index contributed by atoms with van der Waals surface area (Å²) < 4.78 is 43.0. The van der Waals surface area contributed by atoms with Crippen molar-refractivity contribution in [3.63, 3.8) is 0 Å². The molecule has 0 bridgehead atoms. The number of hydrogen-bond donors (Lipinski definition) is 1. The van der Waals surface area contributed by atoms with Crippen molar-refractivity contribution in [3.8, 4) is 0 Å². The number of pyridine rings is 1. The molecule has 2 saturated heterocycles. The zero-order valence-electron chi connectivity index (χ0n) is 17.0. The van der Waals surface area contributed by atoms with Crippen LogP contribution in [0.5, 0.6) is 0 Å². The van der Waals surface area contributed by atoms with Crippen LogP contribution >= 0.6 is 0 Å². The molecule has 0 saturated carbocycles. The summed E-state index contributed by atoms with van der Waals surface area (Å²) in [5.74, 6) is 0.170. The van der Waals surface area contributed by atoms with E-state index in [9.17, 15) is 22.8 Å². The number of alkyl halides is 3. The number of amides is 2. The van der Waals surface area contributed by atoms with Gasteiger partial charge in [0.2, 0.25) is 0 Å². The Morgan fingerprint density at radius 3 is 2.33 bits per heavy atom. The van der Waals surface area contributed by atoms with Gasteiger partial charge in [-0.1, -0.05) is 0 Å². The molecule has 2 aliphatic heterocycles. The fourth-order valence-electron chi connectivity index (χ4n) is 3.84. The van der Waals surface area contributed by atoms with Crippen molar-refractivity contribution in [2.45, 2.75) is 44.8 Å². The second-order valence-corrected chi connectivity index (χ2v) is 7.63. The smallest absolute Gasteiger partial charge is 0.417 e. The number of piperidine rings is 2. The highest BCUT2D eigenvalue weighted by Gasteiger charge is 2.32. The van der Waals surface area contributed by atoms with Gasteiger partial charge in [-0.25, -0.2) is 9.78 Å². The minimum absolute atomic E-state index is 0.00554. The second-order valence-electron chi connectivity index (χ2n) is 7.63. The summed E-state index contributed by atoms with van der Waals surface area (Å²) in [6.07, 6.45) is -0.966. The molecule has 3 heterocycles. The maximum atomic E-state index is 12.7. The molecule has 2 amide bonds. The highest BCUT2D eigenvalue weighted by Crippen LogP contribution is 2.30. The monoisotopic (exact) mass is 428 g/mol. The number of ether oxygens (including phenoxy) is 1. The zero-order chi connectivity index (χ0) is 21.7. The summed E-state index contributed by atoms with van der Waals surface area (Å²) in [6.45, 7) is 4.38. The molecule has 7 nitrogen and oxygen atoms in total. The molecule has 10 heteroatoms. The van der Waals surface area contributed by atoms with Gasteiger partial charge < -0.3 is 19.9 Å². The van der Waals surface area contributed by atoms with Crippen LogP contribution in [0.15, 0.2) is 18.3 Å². The lowest BCUT2D eigenvalue weighted by Crippen LogP contribution is -2.51. The third-order valence-electron chi connectivity index (χ3n) is 5.62. The SMILES string of the molecule is CCOC(=O)C1CCN(C(=O)NC2CCN(c3ccc(C(F)(F)F)cn3)CC2)CC1. The third-order valence-corrected chi connectivity index (χ3v) is 5.62. The summed E-state index contributed by atoms with van der Waals surface area (Å²) in [4.78, 5) is 31.9. The molecule has 3 rings (SSSR count). The maximum absolute atomic E-state index is 12.7. The largest absolute Gasteiger partial charge is 0.466 e. The standard InChI is InChI=1S/C20H27F3N4O3/c1-2-30-18(28)14-5-9-27(10-6-14)19(29)25-16-7-11-26(12-8-16)17-4-3-15(13-24-17)20(21,22)23/h3-4,13-14,16H,2,5-12H2,1H3,(H,25,29). The van der Waals surface area contributed by atoms with E-state index in [4.69, 9.17) is 4.74 Å². The minimum Gasteiger partial charge on any atom is -0.466 e. The molecule has 0 radical (unpaired) electrons. The first-order valence-corrected chi connectivity index (χ1v) is 10.3. The Balaban J connectivity index is 1.42. The molecule has 1 aromatic rings. The van der Waals surface area contributed by atoms with Crippen LogP contribution in [-0.2, 0) is 15.7 Å². The lowest BCUT2D eigenvalue weighted by molar-refractivity contribution is -0.149. The highest BCUT2D eigenvalue weighted by atomic mass is 19.4. The molecule has 0 aliphatic carbocycles. The average molecular weight is 428 g/mol. The summed E-state index contributed by atoms with van der Waals surface area (Å²) in [7, 11) is 0. The van der Waals surface area contributed by atoms with Crippen molar-refractivity contribution in [2.75, 3.05) is 37.7 Å². The molecule has 0 aromatic carbocycles. The second kappa shape index (κ2) is 9.53. The highest BCUT2D eigenvalue weighted by molar-refractivity contribution is 5.76. The summed E-state index contributed by atoms with van der Waals surface area (Å²) in [5, 5.41) is 3.03. The van der Waals surface area contributed by atoms with E-state index in [1.54, 1.807) is 11.8 Å². The van der Waals surface area contributed by atoms with Crippen LogP contribution in [0.4, 0.5) is 23.8 Å². The lowest BCUT2D eigenvalue weighted by Gasteiger charge is -2.36. The van der Waals surface area contributed by atoms with Crippen molar-refractivity contribution in [2.24, 2.45) is 5.92 Å². The molecule has 2 aliphatic rings. The van der Waals surface area contributed by atoms with Gasteiger partial charge in [0.1, 0.15) is 5.82 Å². The Hall–Kier alpha value is -2.52. The normalized spacial score (nSPS) is 18.9. The fraction of sp³-hybridized carbons (Fsp3) is 0.650. The van der Waals surface area contributed by atoms with Gasteiger partial charge in [-0.3, -0.25) is 4.79 Å². The molecule has 1 N–H and O–H groups in total. The Bertz CT molecular complexity index is 726. The van der Waals surface area contributed by atoms with E-state index in [1.807, 2.05) is 4.90 Å². The van der Waals surface area contributed by atoms with Gasteiger partial charge in [0.05, 0.1) is 18.1 Å². The van der Waals surface area contributed by atoms with Crippen LogP contribution in [0.3, 0.4) is 0 Å². The van der Waals surface area contributed by atoms with E-state index in [1.165, 1.54) is 6.07 Å². The van der Waals surface area contributed by atoms with Crippen LogP contribution in [-0.4, -0.2) is 60.7 Å². The van der Waals surface area contributed by atoms with Crippen LogP contribution in [0, 0.1) is 5.92 Å². The van der Waals surface area contributed by atoms with Crippen molar-refractivity contribution in [1.82, 2.24) is 15.2 Å². The Morgan fingerprint density at radius 1 is 1.13 bits per heavy atom. The number of hydrogen-bond acceptors (Lipinski definition) is 5. The maximum Gasteiger partial charge on any atom is 0.417 e. The number of esters is 1. The zero-order valence-corrected chi connectivity index (χ0v) is 17.0. The third kappa shape index (κ3) is 5.54.